The zero-order valence-corrected chi connectivity index (χ0v) is 27.2. The van der Waals surface area contributed by atoms with E-state index in [1.54, 1.807) is 72.5 Å². The Balaban J connectivity index is 1.83. The van der Waals surface area contributed by atoms with Crippen molar-refractivity contribution in [1.82, 2.24) is 15.1 Å². The Morgan fingerprint density at radius 1 is 0.935 bits per heavy atom. The standard InChI is InChI=1S/C36H44FN3O6/c1-23-28(14-8-15-31(23)37)33-29(34(42)24-10-6-12-26(18-24)45-4)20-40(32(22-41)36(44)38-16-9-17-39(2)3)21-30(33)35(43)25-11-7-13-27(19-25)46-5/h6-8,10-15,18-19,29-30,32-33,41H,9,16-17,20-22H2,1-5H3,(H,38,44)/t29-,30-,32?/m0/s1. The van der Waals surface area contributed by atoms with Crippen molar-refractivity contribution in [2.45, 2.75) is 25.3 Å². The number of rotatable bonds is 14. The number of ketones is 2. The molecule has 0 spiro atoms. The van der Waals surface area contributed by atoms with E-state index in [0.717, 1.165) is 6.54 Å². The van der Waals surface area contributed by atoms with E-state index in [-0.39, 0.29) is 30.6 Å². The number of likely N-dealkylation sites (tertiary alicyclic amines) is 1. The Labute approximate surface area is 270 Å². The van der Waals surface area contributed by atoms with E-state index in [4.69, 9.17) is 9.47 Å². The van der Waals surface area contributed by atoms with E-state index in [0.29, 0.717) is 46.7 Å². The summed E-state index contributed by atoms with van der Waals surface area (Å²) in [6, 6.07) is 17.2. The molecule has 0 radical (unpaired) electrons. The Bertz CT molecular complexity index is 1460. The molecule has 1 heterocycles. The Morgan fingerprint density at radius 2 is 1.48 bits per heavy atom. The summed E-state index contributed by atoms with van der Waals surface area (Å²) >= 11 is 0. The van der Waals surface area contributed by atoms with Crippen molar-refractivity contribution < 1.29 is 33.4 Å². The van der Waals surface area contributed by atoms with Gasteiger partial charge in [0, 0.05) is 48.5 Å². The quantitative estimate of drug-likeness (QED) is 0.203. The third-order valence-electron chi connectivity index (χ3n) is 8.78. The third kappa shape index (κ3) is 7.99. The van der Waals surface area contributed by atoms with Crippen LogP contribution in [0.15, 0.2) is 66.7 Å². The molecule has 1 fully saturated rings. The van der Waals surface area contributed by atoms with Crippen LogP contribution in [-0.2, 0) is 4.79 Å². The van der Waals surface area contributed by atoms with Gasteiger partial charge in [-0.3, -0.25) is 19.3 Å². The molecule has 3 atom stereocenters. The largest absolute Gasteiger partial charge is 0.497 e. The van der Waals surface area contributed by atoms with Crippen LogP contribution in [0.1, 0.15) is 44.2 Å². The van der Waals surface area contributed by atoms with Gasteiger partial charge in [0.05, 0.1) is 20.8 Å². The van der Waals surface area contributed by atoms with Crippen molar-refractivity contribution in [2.75, 3.05) is 61.1 Å². The zero-order chi connectivity index (χ0) is 33.4. The molecule has 1 aliphatic rings. The van der Waals surface area contributed by atoms with Crippen molar-refractivity contribution in [3.63, 3.8) is 0 Å². The molecule has 246 valence electrons. The molecular formula is C36H44FN3O6. The second-order valence-corrected chi connectivity index (χ2v) is 12.0. The lowest BCUT2D eigenvalue weighted by Gasteiger charge is -2.45. The number of Topliss-reactive ketones (excluding diaryl/α,β-unsaturated/α-hetero) is 2. The monoisotopic (exact) mass is 633 g/mol. The molecular weight excluding hydrogens is 589 g/mol. The minimum atomic E-state index is -1.00. The highest BCUT2D eigenvalue weighted by atomic mass is 19.1. The molecule has 1 aliphatic heterocycles. The molecule has 0 saturated carbocycles. The van der Waals surface area contributed by atoms with Crippen LogP contribution in [0.3, 0.4) is 0 Å². The van der Waals surface area contributed by atoms with Crippen molar-refractivity contribution in [1.29, 1.82) is 0 Å². The highest BCUT2D eigenvalue weighted by Crippen LogP contribution is 2.43. The van der Waals surface area contributed by atoms with E-state index < -0.39 is 36.2 Å². The summed E-state index contributed by atoms with van der Waals surface area (Å²) in [7, 11) is 6.91. The fraction of sp³-hybridized carbons (Fsp3) is 0.417. The van der Waals surface area contributed by atoms with Crippen LogP contribution in [0.25, 0.3) is 0 Å². The van der Waals surface area contributed by atoms with Gasteiger partial charge in [-0.2, -0.15) is 0 Å². The van der Waals surface area contributed by atoms with Gasteiger partial charge in [0.25, 0.3) is 0 Å². The Kier molecular flexibility index (Phi) is 12.0. The van der Waals surface area contributed by atoms with Gasteiger partial charge >= 0.3 is 0 Å². The number of aliphatic hydroxyl groups is 1. The Morgan fingerprint density at radius 3 is 1.98 bits per heavy atom. The van der Waals surface area contributed by atoms with Crippen LogP contribution in [0.2, 0.25) is 0 Å². The van der Waals surface area contributed by atoms with E-state index in [1.165, 1.54) is 20.3 Å². The van der Waals surface area contributed by atoms with Crippen molar-refractivity contribution in [3.8, 4) is 11.5 Å². The first kappa shape index (κ1) is 34.7. The lowest BCUT2D eigenvalue weighted by molar-refractivity contribution is -0.129. The summed E-state index contributed by atoms with van der Waals surface area (Å²) in [6.45, 7) is 2.45. The lowest BCUT2D eigenvalue weighted by Crippen LogP contribution is -2.58. The fourth-order valence-corrected chi connectivity index (χ4v) is 6.32. The molecule has 1 unspecified atom stereocenters. The number of halogens is 1. The number of carbonyl (C=O) groups is 3. The maximum atomic E-state index is 15.1. The number of hydrogen-bond donors (Lipinski definition) is 2. The maximum Gasteiger partial charge on any atom is 0.239 e. The lowest BCUT2D eigenvalue weighted by atomic mass is 9.67. The predicted octanol–water partition coefficient (Wildman–Crippen LogP) is 3.98. The molecule has 2 N–H and O–H groups in total. The third-order valence-corrected chi connectivity index (χ3v) is 8.78. The number of nitrogens with zero attached hydrogens (tertiary/aromatic N) is 2. The normalized spacial score (nSPS) is 17.8. The second kappa shape index (κ2) is 15.9. The highest BCUT2D eigenvalue weighted by molar-refractivity contribution is 6.02. The molecule has 4 rings (SSSR count). The molecule has 1 amide bonds. The van der Waals surface area contributed by atoms with E-state index in [1.807, 2.05) is 19.0 Å². The zero-order valence-electron chi connectivity index (χ0n) is 27.2. The first-order valence-corrected chi connectivity index (χ1v) is 15.5. The van der Waals surface area contributed by atoms with Gasteiger partial charge < -0.3 is 24.8 Å². The topological polar surface area (TPSA) is 108 Å². The predicted molar refractivity (Wildman–Crippen MR) is 174 cm³/mol. The van der Waals surface area contributed by atoms with Crippen molar-refractivity contribution in [2.24, 2.45) is 11.8 Å². The fourth-order valence-electron chi connectivity index (χ4n) is 6.32. The first-order valence-electron chi connectivity index (χ1n) is 15.5. The number of amides is 1. The number of aliphatic hydroxyl groups excluding tert-OH is 1. The molecule has 46 heavy (non-hydrogen) atoms. The highest BCUT2D eigenvalue weighted by Gasteiger charge is 2.47. The van der Waals surface area contributed by atoms with Gasteiger partial charge in [-0.15, -0.1) is 0 Å². The summed E-state index contributed by atoms with van der Waals surface area (Å²) in [5, 5.41) is 13.4. The van der Waals surface area contributed by atoms with Gasteiger partial charge in [-0.05, 0) is 75.4 Å². The summed E-state index contributed by atoms with van der Waals surface area (Å²) in [5.74, 6) is -2.85. The van der Waals surface area contributed by atoms with Crippen molar-refractivity contribution >= 4 is 17.5 Å². The number of benzene rings is 3. The van der Waals surface area contributed by atoms with Crippen LogP contribution in [0.5, 0.6) is 11.5 Å². The minimum absolute atomic E-state index is 0.0644. The number of nitrogens with one attached hydrogen (secondary N) is 1. The van der Waals surface area contributed by atoms with Crippen molar-refractivity contribution in [3.05, 3.63) is 94.8 Å². The van der Waals surface area contributed by atoms with E-state index >= 15 is 4.39 Å². The van der Waals surface area contributed by atoms with Crippen LogP contribution < -0.4 is 14.8 Å². The van der Waals surface area contributed by atoms with E-state index in [9.17, 15) is 19.5 Å². The Hall–Kier alpha value is -4.12. The molecule has 3 aromatic rings. The number of piperidine rings is 1. The average molecular weight is 634 g/mol. The van der Waals surface area contributed by atoms with Gasteiger partial charge in [-0.25, -0.2) is 4.39 Å². The molecule has 3 aromatic carbocycles. The smallest absolute Gasteiger partial charge is 0.239 e. The van der Waals surface area contributed by atoms with Crippen LogP contribution >= 0.6 is 0 Å². The van der Waals surface area contributed by atoms with Gasteiger partial charge in [-0.1, -0.05) is 36.4 Å². The molecule has 0 bridgehead atoms. The number of hydrogen-bond acceptors (Lipinski definition) is 8. The number of methoxy groups -OCH3 is 2. The molecule has 0 aliphatic carbocycles. The summed E-state index contributed by atoms with van der Waals surface area (Å²) in [6.07, 6.45) is 0.714. The molecule has 1 saturated heterocycles. The molecule has 10 heteroatoms. The summed E-state index contributed by atoms with van der Waals surface area (Å²) in [5.41, 5.74) is 1.64. The van der Waals surface area contributed by atoms with Gasteiger partial charge in [0.1, 0.15) is 23.4 Å². The summed E-state index contributed by atoms with van der Waals surface area (Å²) < 4.78 is 25.9. The summed E-state index contributed by atoms with van der Waals surface area (Å²) in [4.78, 5) is 46.1. The number of ether oxygens (including phenoxy) is 2. The minimum Gasteiger partial charge on any atom is -0.497 e. The SMILES string of the molecule is COc1cccc(C(=O)[C@H]2CN(C(CO)C(=O)NCCCN(C)C)C[C@H](C(=O)c3cccc(OC)c3)C2c2cccc(F)c2C)c1. The van der Waals surface area contributed by atoms with Crippen LogP contribution in [0, 0.1) is 24.6 Å². The van der Waals surface area contributed by atoms with Crippen LogP contribution in [0.4, 0.5) is 4.39 Å². The first-order chi connectivity index (χ1) is 22.1. The second-order valence-electron chi connectivity index (χ2n) is 12.0. The van der Waals surface area contributed by atoms with Gasteiger partial charge in [0.2, 0.25) is 5.91 Å². The van der Waals surface area contributed by atoms with Crippen LogP contribution in [-0.4, -0.2) is 99.5 Å². The average Bonchev–Trinajstić information content (AvgIpc) is 3.07. The number of carbonyl (C=O) groups excluding carboxylic acids is 3. The molecule has 0 aromatic heterocycles. The van der Waals surface area contributed by atoms with E-state index in [2.05, 4.69) is 5.32 Å². The van der Waals surface area contributed by atoms with Gasteiger partial charge in [0.15, 0.2) is 11.6 Å². The molecule has 9 nitrogen and oxygen atoms in total. The maximum absolute atomic E-state index is 15.1.